The van der Waals surface area contributed by atoms with E-state index in [1.165, 1.54) is 6.92 Å². The molecule has 0 aliphatic rings. The van der Waals surface area contributed by atoms with Gasteiger partial charge in [-0.05, 0) is 25.0 Å². The molecule has 3 heteroatoms. The number of benzene rings is 1. The van der Waals surface area contributed by atoms with Crippen molar-refractivity contribution in [2.45, 2.75) is 26.1 Å². The van der Waals surface area contributed by atoms with Gasteiger partial charge in [0.05, 0.1) is 6.10 Å². The average molecular weight is 227 g/mol. The van der Waals surface area contributed by atoms with Crippen LogP contribution in [0, 0.1) is 0 Å². The summed E-state index contributed by atoms with van der Waals surface area (Å²) in [6.07, 6.45) is -1.74. The van der Waals surface area contributed by atoms with Crippen LogP contribution in [0.15, 0.2) is 35.9 Å². The molecule has 82 valence electrons. The lowest BCUT2D eigenvalue weighted by atomic mass is 10.0. The number of aliphatic hydroxyl groups excluding tert-OH is 2. The highest BCUT2D eigenvalue weighted by Crippen LogP contribution is 2.25. The van der Waals surface area contributed by atoms with Gasteiger partial charge < -0.3 is 10.2 Å². The van der Waals surface area contributed by atoms with Crippen LogP contribution < -0.4 is 0 Å². The molecule has 2 nitrogen and oxygen atoms in total. The lowest BCUT2D eigenvalue weighted by molar-refractivity contribution is 0.0552. The lowest BCUT2D eigenvalue weighted by Gasteiger charge is -2.16. The first kappa shape index (κ1) is 12.2. The van der Waals surface area contributed by atoms with Gasteiger partial charge in [0.2, 0.25) is 0 Å². The molecule has 0 radical (unpaired) electrons. The van der Waals surface area contributed by atoms with Gasteiger partial charge in [0.15, 0.2) is 0 Å². The Morgan fingerprint density at radius 2 is 1.73 bits per heavy atom. The first-order valence-electron chi connectivity index (χ1n) is 4.82. The van der Waals surface area contributed by atoms with Crippen LogP contribution >= 0.6 is 11.6 Å². The summed E-state index contributed by atoms with van der Waals surface area (Å²) in [6.45, 7) is 3.25. The summed E-state index contributed by atoms with van der Waals surface area (Å²) in [6, 6.07) is 9.37. The minimum absolute atomic E-state index is 0.490. The molecule has 2 atom stereocenters. The summed E-state index contributed by atoms with van der Waals surface area (Å²) in [5.41, 5.74) is 1.43. The largest absolute Gasteiger partial charge is 0.390 e. The number of hydrogen-bond donors (Lipinski definition) is 2. The predicted octanol–water partition coefficient (Wildman–Crippen LogP) is 2.40. The fourth-order valence-electron chi connectivity index (χ4n) is 1.30. The third-order valence-electron chi connectivity index (χ3n) is 2.27. The van der Waals surface area contributed by atoms with E-state index >= 15 is 0 Å². The number of halogens is 1. The molecule has 2 N–H and O–H groups in total. The second kappa shape index (κ2) is 5.31. The van der Waals surface area contributed by atoms with Crippen LogP contribution in [0.25, 0.3) is 5.03 Å². The van der Waals surface area contributed by atoms with Gasteiger partial charge in [0.25, 0.3) is 0 Å². The molecule has 0 fully saturated rings. The Kier molecular flexibility index (Phi) is 4.33. The van der Waals surface area contributed by atoms with Gasteiger partial charge in [-0.15, -0.1) is 0 Å². The van der Waals surface area contributed by atoms with E-state index in [1.54, 1.807) is 6.92 Å². The molecule has 0 amide bonds. The summed E-state index contributed by atoms with van der Waals surface area (Å²) in [5, 5.41) is 19.4. The van der Waals surface area contributed by atoms with Crippen molar-refractivity contribution in [3.05, 3.63) is 41.5 Å². The quantitative estimate of drug-likeness (QED) is 0.831. The van der Waals surface area contributed by atoms with Crippen LogP contribution in [0.2, 0.25) is 0 Å². The molecule has 0 saturated heterocycles. The molecular formula is C12H15ClO2. The van der Waals surface area contributed by atoms with Crippen LogP contribution in [-0.2, 0) is 0 Å². The molecule has 0 spiro atoms. The highest BCUT2D eigenvalue weighted by Gasteiger charge is 2.16. The van der Waals surface area contributed by atoms with E-state index in [9.17, 15) is 10.2 Å². The van der Waals surface area contributed by atoms with Crippen molar-refractivity contribution in [2.75, 3.05) is 0 Å². The number of rotatable bonds is 3. The molecule has 1 aromatic rings. The Labute approximate surface area is 94.8 Å². The minimum Gasteiger partial charge on any atom is -0.390 e. The Balaban J connectivity index is 3.00. The van der Waals surface area contributed by atoms with Crippen molar-refractivity contribution in [3.8, 4) is 0 Å². The van der Waals surface area contributed by atoms with E-state index < -0.39 is 12.2 Å². The monoisotopic (exact) mass is 226 g/mol. The molecule has 15 heavy (non-hydrogen) atoms. The van der Waals surface area contributed by atoms with Crippen LogP contribution in [0.4, 0.5) is 0 Å². The van der Waals surface area contributed by atoms with Crippen LogP contribution in [-0.4, -0.2) is 22.4 Å². The summed E-state index contributed by atoms with van der Waals surface area (Å²) in [4.78, 5) is 0. The van der Waals surface area contributed by atoms with Crippen LogP contribution in [0.5, 0.6) is 0 Å². The first-order valence-corrected chi connectivity index (χ1v) is 5.19. The van der Waals surface area contributed by atoms with Crippen molar-refractivity contribution < 1.29 is 10.2 Å². The minimum atomic E-state index is -0.919. The SMILES string of the molecule is C/C(=C(\Cl)c1ccccc1)[C@@H](O)[C@H](C)O. The lowest BCUT2D eigenvalue weighted by Crippen LogP contribution is -2.23. The Morgan fingerprint density at radius 3 is 2.20 bits per heavy atom. The maximum absolute atomic E-state index is 9.63. The Hall–Kier alpha value is -0.830. The Morgan fingerprint density at radius 1 is 1.20 bits per heavy atom. The van der Waals surface area contributed by atoms with E-state index in [1.807, 2.05) is 30.3 Å². The second-order valence-corrected chi connectivity index (χ2v) is 3.93. The molecule has 0 unspecified atom stereocenters. The van der Waals surface area contributed by atoms with Crippen molar-refractivity contribution in [1.29, 1.82) is 0 Å². The zero-order valence-corrected chi connectivity index (χ0v) is 9.57. The average Bonchev–Trinajstić information content (AvgIpc) is 2.27. The smallest absolute Gasteiger partial charge is 0.102 e. The molecule has 0 aromatic heterocycles. The second-order valence-electron chi connectivity index (χ2n) is 3.55. The number of aliphatic hydroxyl groups is 2. The first-order chi connectivity index (χ1) is 7.04. The van der Waals surface area contributed by atoms with Crippen molar-refractivity contribution in [3.63, 3.8) is 0 Å². The van der Waals surface area contributed by atoms with E-state index in [0.29, 0.717) is 10.6 Å². The third kappa shape index (κ3) is 3.06. The van der Waals surface area contributed by atoms with Crippen molar-refractivity contribution in [1.82, 2.24) is 0 Å². The molecule has 0 saturated carbocycles. The topological polar surface area (TPSA) is 40.5 Å². The zero-order valence-electron chi connectivity index (χ0n) is 8.81. The number of hydrogen-bond acceptors (Lipinski definition) is 2. The van der Waals surface area contributed by atoms with Gasteiger partial charge >= 0.3 is 0 Å². The van der Waals surface area contributed by atoms with Crippen LogP contribution in [0.3, 0.4) is 0 Å². The van der Waals surface area contributed by atoms with Gasteiger partial charge in [0.1, 0.15) is 6.10 Å². The van der Waals surface area contributed by atoms with Gasteiger partial charge in [-0.2, -0.15) is 0 Å². The van der Waals surface area contributed by atoms with Crippen molar-refractivity contribution in [2.24, 2.45) is 0 Å². The fraction of sp³-hybridized carbons (Fsp3) is 0.333. The normalized spacial score (nSPS) is 16.9. The van der Waals surface area contributed by atoms with E-state index in [4.69, 9.17) is 11.6 Å². The summed E-state index contributed by atoms with van der Waals surface area (Å²) in [7, 11) is 0. The fourth-order valence-corrected chi connectivity index (χ4v) is 1.54. The third-order valence-corrected chi connectivity index (χ3v) is 2.79. The van der Waals surface area contributed by atoms with Gasteiger partial charge in [0, 0.05) is 5.03 Å². The molecule has 0 aliphatic carbocycles. The highest BCUT2D eigenvalue weighted by atomic mass is 35.5. The summed E-state index contributed by atoms with van der Waals surface area (Å²) in [5.74, 6) is 0. The molecule has 0 heterocycles. The van der Waals surface area contributed by atoms with Gasteiger partial charge in [-0.25, -0.2) is 0 Å². The maximum Gasteiger partial charge on any atom is 0.102 e. The molecular weight excluding hydrogens is 212 g/mol. The van der Waals surface area contributed by atoms with Crippen LogP contribution in [0.1, 0.15) is 19.4 Å². The molecule has 0 aliphatic heterocycles. The highest BCUT2D eigenvalue weighted by molar-refractivity contribution is 6.49. The molecule has 0 bridgehead atoms. The zero-order chi connectivity index (χ0) is 11.4. The van der Waals surface area contributed by atoms with E-state index in [2.05, 4.69) is 0 Å². The van der Waals surface area contributed by atoms with Gasteiger partial charge in [-0.3, -0.25) is 0 Å². The maximum atomic E-state index is 9.63. The standard InChI is InChI=1S/C12H15ClO2/c1-8(12(15)9(2)14)11(13)10-6-4-3-5-7-10/h3-7,9,12,14-15H,1-2H3/b11-8+/t9-,12+/m0/s1. The van der Waals surface area contributed by atoms with Crippen molar-refractivity contribution >= 4 is 16.6 Å². The van der Waals surface area contributed by atoms with E-state index in [-0.39, 0.29) is 0 Å². The summed E-state index contributed by atoms with van der Waals surface area (Å²) < 4.78 is 0. The Bertz CT molecular complexity index is 344. The van der Waals surface area contributed by atoms with E-state index in [0.717, 1.165) is 5.56 Å². The predicted molar refractivity (Wildman–Crippen MR) is 62.6 cm³/mol. The summed E-state index contributed by atoms with van der Waals surface area (Å²) >= 11 is 6.10. The molecule has 1 aromatic carbocycles. The van der Waals surface area contributed by atoms with Gasteiger partial charge in [-0.1, -0.05) is 41.9 Å². The molecule has 1 rings (SSSR count).